The normalized spacial score (nSPS) is 20.5. The Morgan fingerprint density at radius 3 is 3.06 bits per heavy atom. The SMILES string of the molecule is O=C1NCc2c(-c3cnc4cc(F)ccn34)ccc(Nc3ccc4c(n3)OC[C@@H]3COCC[C@H]43)c21. The van der Waals surface area contributed by atoms with Crippen LogP contribution in [-0.2, 0) is 11.3 Å². The maximum absolute atomic E-state index is 13.6. The first-order valence-corrected chi connectivity index (χ1v) is 11.7. The minimum atomic E-state index is -0.342. The zero-order valence-corrected chi connectivity index (χ0v) is 18.8. The molecule has 2 N–H and O–H groups in total. The minimum Gasteiger partial charge on any atom is -0.477 e. The number of ether oxygens (including phenoxy) is 2. The molecule has 1 aromatic carbocycles. The van der Waals surface area contributed by atoms with E-state index in [4.69, 9.17) is 14.5 Å². The van der Waals surface area contributed by atoms with Crippen molar-refractivity contribution in [2.24, 2.45) is 5.92 Å². The lowest BCUT2D eigenvalue weighted by molar-refractivity contribution is 0.00922. The van der Waals surface area contributed by atoms with E-state index in [2.05, 4.69) is 21.7 Å². The van der Waals surface area contributed by atoms with Gasteiger partial charge in [0, 0.05) is 42.5 Å². The second kappa shape index (κ2) is 7.78. The molecule has 0 saturated carbocycles. The van der Waals surface area contributed by atoms with Crippen LogP contribution in [0.25, 0.3) is 16.9 Å². The summed E-state index contributed by atoms with van der Waals surface area (Å²) in [7, 11) is 0. The Kier molecular flexibility index (Phi) is 4.53. The van der Waals surface area contributed by atoms with E-state index in [9.17, 15) is 9.18 Å². The Morgan fingerprint density at radius 2 is 2.11 bits per heavy atom. The fourth-order valence-corrected chi connectivity index (χ4v) is 5.46. The smallest absolute Gasteiger partial charge is 0.254 e. The summed E-state index contributed by atoms with van der Waals surface area (Å²) < 4.78 is 27.0. The molecular weight excluding hydrogens is 449 g/mol. The number of anilines is 2. The molecule has 9 heteroatoms. The molecule has 8 nitrogen and oxygen atoms in total. The summed E-state index contributed by atoms with van der Waals surface area (Å²) in [6.07, 6.45) is 4.32. The molecule has 176 valence electrons. The largest absolute Gasteiger partial charge is 0.477 e. The summed E-state index contributed by atoms with van der Waals surface area (Å²) >= 11 is 0. The molecule has 3 aliphatic rings. The van der Waals surface area contributed by atoms with Crippen LogP contribution in [0.2, 0.25) is 0 Å². The molecule has 7 rings (SSSR count). The van der Waals surface area contributed by atoms with Crippen molar-refractivity contribution in [3.8, 4) is 17.1 Å². The molecule has 6 heterocycles. The number of hydrogen-bond donors (Lipinski definition) is 2. The lowest BCUT2D eigenvalue weighted by atomic mass is 9.82. The van der Waals surface area contributed by atoms with E-state index >= 15 is 0 Å². The van der Waals surface area contributed by atoms with Crippen molar-refractivity contribution in [2.45, 2.75) is 18.9 Å². The highest BCUT2D eigenvalue weighted by atomic mass is 19.1. The van der Waals surface area contributed by atoms with Crippen molar-refractivity contribution in [2.75, 3.05) is 25.1 Å². The Morgan fingerprint density at radius 1 is 1.17 bits per heavy atom. The van der Waals surface area contributed by atoms with E-state index in [-0.39, 0.29) is 11.7 Å². The molecule has 0 aliphatic carbocycles. The van der Waals surface area contributed by atoms with Gasteiger partial charge in [-0.3, -0.25) is 9.20 Å². The summed E-state index contributed by atoms with van der Waals surface area (Å²) in [5.74, 6) is 1.55. The number of amides is 1. The summed E-state index contributed by atoms with van der Waals surface area (Å²) in [6.45, 7) is 2.48. The quantitative estimate of drug-likeness (QED) is 0.469. The highest BCUT2D eigenvalue weighted by Crippen LogP contribution is 2.41. The molecule has 1 amide bonds. The number of halogens is 1. The second-order valence-electron chi connectivity index (χ2n) is 9.17. The van der Waals surface area contributed by atoms with Gasteiger partial charge < -0.3 is 20.1 Å². The maximum atomic E-state index is 13.6. The average Bonchev–Trinajstić information content (AvgIpc) is 3.48. The summed E-state index contributed by atoms with van der Waals surface area (Å²) in [6, 6.07) is 10.6. The zero-order valence-electron chi connectivity index (χ0n) is 18.8. The van der Waals surface area contributed by atoms with Gasteiger partial charge in [-0.25, -0.2) is 9.37 Å². The third-order valence-corrected chi connectivity index (χ3v) is 7.18. The number of fused-ring (bicyclic) bond motifs is 5. The van der Waals surface area contributed by atoms with Crippen LogP contribution in [0.4, 0.5) is 15.9 Å². The molecule has 0 spiro atoms. The van der Waals surface area contributed by atoms with Gasteiger partial charge in [0.2, 0.25) is 5.88 Å². The topological polar surface area (TPSA) is 89.8 Å². The van der Waals surface area contributed by atoms with Gasteiger partial charge in [0.1, 0.15) is 17.3 Å². The fourth-order valence-electron chi connectivity index (χ4n) is 5.46. The number of carbonyl (C=O) groups excluding carboxylic acids is 1. The van der Waals surface area contributed by atoms with Gasteiger partial charge in [-0.2, -0.15) is 4.98 Å². The van der Waals surface area contributed by atoms with E-state index < -0.39 is 0 Å². The number of nitrogens with one attached hydrogen (secondary N) is 2. The van der Waals surface area contributed by atoms with E-state index in [0.717, 1.165) is 42.0 Å². The van der Waals surface area contributed by atoms with Crippen LogP contribution in [0.5, 0.6) is 5.88 Å². The van der Waals surface area contributed by atoms with E-state index in [1.165, 1.54) is 12.1 Å². The first-order valence-electron chi connectivity index (χ1n) is 11.7. The van der Waals surface area contributed by atoms with Gasteiger partial charge in [-0.1, -0.05) is 6.07 Å². The zero-order chi connectivity index (χ0) is 23.5. The lowest BCUT2D eigenvalue weighted by Gasteiger charge is -2.36. The number of aromatic nitrogens is 3. The molecule has 3 aliphatic heterocycles. The Hall–Kier alpha value is -3.98. The van der Waals surface area contributed by atoms with Crippen LogP contribution in [-0.4, -0.2) is 40.1 Å². The average molecular weight is 471 g/mol. The predicted molar refractivity (Wildman–Crippen MR) is 126 cm³/mol. The van der Waals surface area contributed by atoms with Crippen LogP contribution in [0.1, 0.15) is 33.8 Å². The van der Waals surface area contributed by atoms with Crippen molar-refractivity contribution in [1.82, 2.24) is 19.7 Å². The molecule has 0 bridgehead atoms. The van der Waals surface area contributed by atoms with Crippen LogP contribution in [0.15, 0.2) is 48.8 Å². The van der Waals surface area contributed by atoms with Gasteiger partial charge in [0.15, 0.2) is 0 Å². The van der Waals surface area contributed by atoms with Gasteiger partial charge >= 0.3 is 0 Å². The van der Waals surface area contributed by atoms with Crippen LogP contribution in [0.3, 0.4) is 0 Å². The highest BCUT2D eigenvalue weighted by Gasteiger charge is 2.34. The Balaban J connectivity index is 1.25. The summed E-state index contributed by atoms with van der Waals surface area (Å²) in [5, 5.41) is 6.25. The fraction of sp³-hybridized carbons (Fsp3) is 0.269. The van der Waals surface area contributed by atoms with Crippen LogP contribution < -0.4 is 15.4 Å². The van der Waals surface area contributed by atoms with Crippen molar-refractivity contribution in [1.29, 1.82) is 0 Å². The number of nitrogens with zero attached hydrogens (tertiary/aromatic N) is 3. The molecule has 0 unspecified atom stereocenters. The molecule has 1 fully saturated rings. The van der Waals surface area contributed by atoms with Crippen molar-refractivity contribution >= 4 is 23.1 Å². The van der Waals surface area contributed by atoms with Crippen molar-refractivity contribution in [3.05, 3.63) is 71.3 Å². The van der Waals surface area contributed by atoms with E-state index in [0.29, 0.717) is 53.6 Å². The van der Waals surface area contributed by atoms with Crippen molar-refractivity contribution in [3.63, 3.8) is 0 Å². The molecular formula is C26H22FN5O3. The third kappa shape index (κ3) is 3.26. The molecule has 3 aromatic heterocycles. The molecule has 35 heavy (non-hydrogen) atoms. The van der Waals surface area contributed by atoms with Crippen LogP contribution >= 0.6 is 0 Å². The standard InChI is InChI=1S/C26H22FN5O3/c27-15-5-7-32-21(11-28-23(32)9-15)17-1-3-20(24-19(17)10-29-25(24)33)30-22-4-2-18-16-6-8-34-12-14(16)13-35-26(18)31-22/h1-5,7,9,11,14,16H,6,8,10,12-13H2,(H,29,33)(H,30,31)/t14-,16-/m0/s1. The number of hydrogen-bond acceptors (Lipinski definition) is 6. The highest BCUT2D eigenvalue weighted by molar-refractivity contribution is 6.06. The van der Waals surface area contributed by atoms with E-state index in [1.807, 2.05) is 22.6 Å². The number of carbonyl (C=O) groups is 1. The van der Waals surface area contributed by atoms with Crippen LogP contribution in [0, 0.1) is 11.7 Å². The number of imidazole rings is 1. The molecule has 2 atom stereocenters. The Bertz CT molecular complexity index is 1500. The molecule has 4 aromatic rings. The number of rotatable bonds is 3. The molecule has 1 saturated heterocycles. The summed E-state index contributed by atoms with van der Waals surface area (Å²) in [4.78, 5) is 21.9. The first kappa shape index (κ1) is 20.4. The molecule has 0 radical (unpaired) electrons. The maximum Gasteiger partial charge on any atom is 0.254 e. The van der Waals surface area contributed by atoms with Gasteiger partial charge in [-0.05, 0) is 42.2 Å². The van der Waals surface area contributed by atoms with Gasteiger partial charge in [0.25, 0.3) is 5.91 Å². The van der Waals surface area contributed by atoms with Crippen molar-refractivity contribution < 1.29 is 18.7 Å². The van der Waals surface area contributed by atoms with Gasteiger partial charge in [0.05, 0.1) is 36.4 Å². The minimum absolute atomic E-state index is 0.150. The van der Waals surface area contributed by atoms with E-state index in [1.54, 1.807) is 12.4 Å². The number of pyridine rings is 2. The van der Waals surface area contributed by atoms with Gasteiger partial charge in [-0.15, -0.1) is 0 Å². The summed E-state index contributed by atoms with van der Waals surface area (Å²) in [5.41, 5.74) is 5.41. The first-order chi connectivity index (χ1) is 17.2. The Labute approximate surface area is 200 Å². The third-order valence-electron chi connectivity index (χ3n) is 7.18. The second-order valence-corrected chi connectivity index (χ2v) is 9.17. The predicted octanol–water partition coefficient (Wildman–Crippen LogP) is 4.03. The number of benzene rings is 1. The lowest BCUT2D eigenvalue weighted by Crippen LogP contribution is -2.34. The monoisotopic (exact) mass is 471 g/mol.